The number of hydrazone groups is 1. The van der Waals surface area contributed by atoms with Crippen molar-refractivity contribution in [2.45, 2.75) is 25.6 Å². The number of hydrogen-bond donors (Lipinski definition) is 0. The molecule has 3 nitrogen and oxygen atoms in total. The molecule has 2 unspecified atom stereocenters. The molecular formula is C23H18BrClN2O. The summed E-state index contributed by atoms with van der Waals surface area (Å²) in [5.41, 5.74) is 5.63. The van der Waals surface area contributed by atoms with E-state index in [1.807, 2.05) is 36.4 Å². The molecule has 3 aromatic rings. The Morgan fingerprint density at radius 2 is 1.89 bits per heavy atom. The van der Waals surface area contributed by atoms with Gasteiger partial charge in [-0.25, -0.2) is 5.01 Å². The van der Waals surface area contributed by atoms with Crippen LogP contribution < -0.4 is 4.74 Å². The number of hydrogen-bond acceptors (Lipinski definition) is 3. The third kappa shape index (κ3) is 3.11. The largest absolute Gasteiger partial charge is 0.464 e. The molecule has 0 fully saturated rings. The first-order chi connectivity index (χ1) is 13.6. The van der Waals surface area contributed by atoms with E-state index < -0.39 is 0 Å². The summed E-state index contributed by atoms with van der Waals surface area (Å²) in [5, 5.41) is 7.77. The molecular weight excluding hydrogens is 436 g/mol. The van der Waals surface area contributed by atoms with Gasteiger partial charge in [-0.1, -0.05) is 69.5 Å². The average Bonchev–Trinajstić information content (AvgIpc) is 3.14. The minimum atomic E-state index is -0.305. The predicted octanol–water partition coefficient (Wildman–Crippen LogP) is 6.65. The zero-order chi connectivity index (χ0) is 19.3. The lowest BCUT2D eigenvalue weighted by molar-refractivity contribution is -0.0190. The topological polar surface area (TPSA) is 24.8 Å². The van der Waals surface area contributed by atoms with Crippen LogP contribution in [0.15, 0.2) is 76.3 Å². The van der Waals surface area contributed by atoms with Crippen LogP contribution in [0.5, 0.6) is 5.75 Å². The van der Waals surface area contributed by atoms with Crippen LogP contribution >= 0.6 is 27.5 Å². The number of nitrogens with zero attached hydrogens (tertiary/aromatic N) is 2. The summed E-state index contributed by atoms with van der Waals surface area (Å²) in [7, 11) is 0. The Balaban J connectivity index is 1.61. The van der Waals surface area contributed by atoms with E-state index in [1.165, 1.54) is 5.56 Å². The highest BCUT2D eigenvalue weighted by atomic mass is 79.9. The third-order valence-electron chi connectivity index (χ3n) is 5.27. The monoisotopic (exact) mass is 452 g/mol. The summed E-state index contributed by atoms with van der Waals surface area (Å²) in [6.45, 7) is 2.10. The summed E-state index contributed by atoms with van der Waals surface area (Å²) in [5.74, 6) is 0.898. The van der Waals surface area contributed by atoms with E-state index in [9.17, 15) is 0 Å². The van der Waals surface area contributed by atoms with Gasteiger partial charge in [-0.05, 0) is 42.8 Å². The van der Waals surface area contributed by atoms with Gasteiger partial charge in [0.25, 0.3) is 0 Å². The molecule has 0 amide bonds. The molecule has 0 spiro atoms. The van der Waals surface area contributed by atoms with Crippen LogP contribution in [0.4, 0.5) is 0 Å². The smallest absolute Gasteiger partial charge is 0.213 e. The van der Waals surface area contributed by atoms with Gasteiger partial charge >= 0.3 is 0 Å². The standard InChI is InChI=1S/C23H18BrClN2O/c1-14-5-7-15(8-6-14)20-13-21-19-12-17(24)9-10-22(19)28-23(27(21)26-20)16-3-2-4-18(25)11-16/h2-12,21,23H,13H2,1H3. The van der Waals surface area contributed by atoms with E-state index in [2.05, 4.69) is 58.2 Å². The molecule has 2 atom stereocenters. The fourth-order valence-electron chi connectivity index (χ4n) is 3.86. The maximum absolute atomic E-state index is 6.38. The van der Waals surface area contributed by atoms with Crippen LogP contribution in [0.2, 0.25) is 5.02 Å². The van der Waals surface area contributed by atoms with Gasteiger partial charge in [-0.3, -0.25) is 0 Å². The highest BCUT2D eigenvalue weighted by Gasteiger charge is 2.41. The molecule has 0 N–H and O–H groups in total. The lowest BCUT2D eigenvalue weighted by atomic mass is 9.95. The van der Waals surface area contributed by atoms with E-state index in [4.69, 9.17) is 21.4 Å². The molecule has 5 heteroatoms. The fourth-order valence-corrected chi connectivity index (χ4v) is 4.44. The Kier molecular flexibility index (Phi) is 4.41. The van der Waals surface area contributed by atoms with E-state index in [-0.39, 0.29) is 12.3 Å². The highest BCUT2D eigenvalue weighted by Crippen LogP contribution is 2.48. The minimum Gasteiger partial charge on any atom is -0.464 e. The maximum atomic E-state index is 6.38. The number of halogens is 2. The Hall–Kier alpha value is -2.30. The van der Waals surface area contributed by atoms with Crippen molar-refractivity contribution in [1.82, 2.24) is 5.01 Å². The molecule has 140 valence electrons. The molecule has 5 rings (SSSR count). The molecule has 0 radical (unpaired) electrons. The van der Waals surface area contributed by atoms with Crippen molar-refractivity contribution >= 4 is 33.2 Å². The number of aryl methyl sites for hydroxylation is 1. The zero-order valence-electron chi connectivity index (χ0n) is 15.3. The van der Waals surface area contributed by atoms with Gasteiger partial charge in [0.1, 0.15) is 5.75 Å². The van der Waals surface area contributed by atoms with Crippen LogP contribution in [0.1, 0.15) is 40.9 Å². The molecule has 2 heterocycles. The number of ether oxygens (including phenoxy) is 1. The van der Waals surface area contributed by atoms with Gasteiger partial charge in [0.2, 0.25) is 6.23 Å². The van der Waals surface area contributed by atoms with Crippen LogP contribution in [0, 0.1) is 6.92 Å². The normalized spacial score (nSPS) is 20.2. The summed E-state index contributed by atoms with van der Waals surface area (Å²) >= 11 is 9.85. The second kappa shape index (κ2) is 6.94. The second-order valence-electron chi connectivity index (χ2n) is 7.22. The van der Waals surface area contributed by atoms with Crippen molar-refractivity contribution < 1.29 is 4.74 Å². The van der Waals surface area contributed by atoms with E-state index in [0.717, 1.165) is 39.0 Å². The maximum Gasteiger partial charge on any atom is 0.213 e. The molecule has 3 aromatic carbocycles. The van der Waals surface area contributed by atoms with E-state index in [0.29, 0.717) is 5.02 Å². The molecule has 0 saturated heterocycles. The number of benzene rings is 3. The van der Waals surface area contributed by atoms with Crippen LogP contribution in [0.3, 0.4) is 0 Å². The zero-order valence-corrected chi connectivity index (χ0v) is 17.6. The summed E-state index contributed by atoms with van der Waals surface area (Å²) in [6.07, 6.45) is 0.535. The van der Waals surface area contributed by atoms with Crippen molar-refractivity contribution in [2.75, 3.05) is 0 Å². The molecule has 2 aliphatic rings. The predicted molar refractivity (Wildman–Crippen MR) is 116 cm³/mol. The molecule has 0 saturated carbocycles. The Morgan fingerprint density at radius 3 is 2.68 bits per heavy atom. The Bertz CT molecular complexity index is 1080. The number of fused-ring (bicyclic) bond motifs is 3. The molecule has 28 heavy (non-hydrogen) atoms. The molecule has 0 aromatic heterocycles. The average molecular weight is 454 g/mol. The van der Waals surface area contributed by atoms with Crippen LogP contribution in [-0.2, 0) is 0 Å². The van der Waals surface area contributed by atoms with E-state index >= 15 is 0 Å². The fraction of sp³-hybridized carbons (Fsp3) is 0.174. The van der Waals surface area contributed by atoms with Crippen molar-refractivity contribution in [3.05, 3.63) is 98.5 Å². The highest BCUT2D eigenvalue weighted by molar-refractivity contribution is 9.10. The van der Waals surface area contributed by atoms with Crippen molar-refractivity contribution in [3.63, 3.8) is 0 Å². The molecule has 0 bridgehead atoms. The quantitative estimate of drug-likeness (QED) is 0.434. The Morgan fingerprint density at radius 1 is 1.07 bits per heavy atom. The van der Waals surface area contributed by atoms with Crippen LogP contribution in [-0.4, -0.2) is 10.7 Å². The molecule has 2 aliphatic heterocycles. The lowest BCUT2D eigenvalue weighted by Crippen LogP contribution is -2.33. The van der Waals surface area contributed by atoms with Gasteiger partial charge in [0.15, 0.2) is 0 Å². The Labute approximate surface area is 177 Å². The molecule has 0 aliphatic carbocycles. The van der Waals surface area contributed by atoms with Crippen molar-refractivity contribution in [3.8, 4) is 5.75 Å². The SMILES string of the molecule is Cc1ccc(C2=NN3C(C2)c2cc(Br)ccc2OC3c2cccc(Cl)c2)cc1. The van der Waals surface area contributed by atoms with Crippen molar-refractivity contribution in [1.29, 1.82) is 0 Å². The minimum absolute atomic E-state index is 0.126. The van der Waals surface area contributed by atoms with Gasteiger partial charge in [-0.2, -0.15) is 5.10 Å². The second-order valence-corrected chi connectivity index (χ2v) is 8.57. The third-order valence-corrected chi connectivity index (χ3v) is 6.00. The first-order valence-corrected chi connectivity index (χ1v) is 10.4. The van der Waals surface area contributed by atoms with Crippen molar-refractivity contribution in [2.24, 2.45) is 5.10 Å². The summed E-state index contributed by atoms with van der Waals surface area (Å²) in [4.78, 5) is 0. The summed E-state index contributed by atoms with van der Waals surface area (Å²) in [6, 6.07) is 22.7. The lowest BCUT2D eigenvalue weighted by Gasteiger charge is -2.38. The summed E-state index contributed by atoms with van der Waals surface area (Å²) < 4.78 is 7.43. The van der Waals surface area contributed by atoms with Crippen LogP contribution in [0.25, 0.3) is 0 Å². The van der Waals surface area contributed by atoms with Gasteiger partial charge in [-0.15, -0.1) is 0 Å². The number of rotatable bonds is 2. The van der Waals surface area contributed by atoms with E-state index in [1.54, 1.807) is 0 Å². The first-order valence-electron chi connectivity index (χ1n) is 9.23. The van der Waals surface area contributed by atoms with Gasteiger partial charge in [0.05, 0.1) is 11.8 Å². The van der Waals surface area contributed by atoms with Gasteiger partial charge < -0.3 is 4.74 Å². The first kappa shape index (κ1) is 17.8. The van der Waals surface area contributed by atoms with Gasteiger partial charge in [0, 0.05) is 27.0 Å².